The summed E-state index contributed by atoms with van der Waals surface area (Å²) >= 11 is 0. The van der Waals surface area contributed by atoms with Crippen LogP contribution < -0.4 is 5.32 Å². The van der Waals surface area contributed by atoms with E-state index < -0.39 is 0 Å². The number of carbonyl (C=O) groups excluding carboxylic acids is 1. The van der Waals surface area contributed by atoms with Crippen molar-refractivity contribution in [3.63, 3.8) is 0 Å². The first-order chi connectivity index (χ1) is 14.1. The summed E-state index contributed by atoms with van der Waals surface area (Å²) in [4.78, 5) is 18.3. The molecule has 5 heteroatoms. The zero-order valence-electron chi connectivity index (χ0n) is 17.9. The zero-order valence-corrected chi connectivity index (χ0v) is 17.9. The topological polar surface area (TPSA) is 57.4 Å². The van der Waals surface area contributed by atoms with Gasteiger partial charge in [-0.05, 0) is 87.2 Å². The lowest BCUT2D eigenvalue weighted by atomic mass is 9.89. The quantitative estimate of drug-likeness (QED) is 0.662. The molecule has 0 spiro atoms. The Kier molecular flexibility index (Phi) is 6.43. The van der Waals surface area contributed by atoms with E-state index in [4.69, 9.17) is 4.74 Å². The molecule has 2 N–H and O–H groups in total. The molecule has 2 fully saturated rings. The van der Waals surface area contributed by atoms with Crippen LogP contribution in [-0.2, 0) is 4.74 Å². The summed E-state index contributed by atoms with van der Waals surface area (Å²) in [6, 6.07) is 6.11. The van der Waals surface area contributed by atoms with E-state index >= 15 is 0 Å². The number of likely N-dealkylation sites (tertiary alicyclic amines) is 1. The molecule has 2 heterocycles. The Hall–Kier alpha value is -2.01. The Morgan fingerprint density at radius 2 is 1.93 bits per heavy atom. The van der Waals surface area contributed by atoms with Crippen molar-refractivity contribution in [3.8, 4) is 0 Å². The van der Waals surface area contributed by atoms with Crippen LogP contribution in [0.4, 0.5) is 10.5 Å². The third-order valence-electron chi connectivity index (χ3n) is 6.44. The maximum Gasteiger partial charge on any atom is 0.411 e. The van der Waals surface area contributed by atoms with Crippen molar-refractivity contribution >= 4 is 22.7 Å². The molecule has 158 valence electrons. The first-order valence-corrected chi connectivity index (χ1v) is 11.4. The number of H-pyrrole nitrogens is 1. The van der Waals surface area contributed by atoms with Crippen LogP contribution in [0.15, 0.2) is 24.4 Å². The van der Waals surface area contributed by atoms with Crippen LogP contribution in [-0.4, -0.2) is 41.7 Å². The van der Waals surface area contributed by atoms with Crippen molar-refractivity contribution in [2.75, 3.05) is 25.0 Å². The summed E-state index contributed by atoms with van der Waals surface area (Å²) in [6.07, 6.45) is 9.86. The number of amides is 1. The zero-order chi connectivity index (χ0) is 20.2. The number of piperidine rings is 1. The highest BCUT2D eigenvalue weighted by Gasteiger charge is 2.23. The molecule has 0 radical (unpaired) electrons. The number of nitrogens with one attached hydrogen (secondary N) is 2. The molecule has 1 amide bonds. The standard InChI is InChI=1S/C24H35N3O2/c1-17(2)16-27-12-10-18(11-13-27)22-15-25-23-9-8-19(14-21(22)23)26-24(28)29-20-6-4-3-5-7-20/h8-9,14-15,17-18,20,25H,3-7,10-13,16H2,1-2H3,(H,26,28). The molecule has 1 aliphatic heterocycles. The average Bonchev–Trinajstić information content (AvgIpc) is 3.12. The summed E-state index contributed by atoms with van der Waals surface area (Å²) in [5, 5.41) is 4.17. The third kappa shape index (κ3) is 5.13. The van der Waals surface area contributed by atoms with Gasteiger partial charge in [0.1, 0.15) is 6.10 Å². The highest BCUT2D eigenvalue weighted by atomic mass is 16.6. The van der Waals surface area contributed by atoms with Crippen LogP contribution in [0.1, 0.15) is 70.3 Å². The van der Waals surface area contributed by atoms with E-state index in [0.717, 1.165) is 42.8 Å². The minimum atomic E-state index is -0.324. The van der Waals surface area contributed by atoms with Gasteiger partial charge in [0.15, 0.2) is 0 Å². The fraction of sp³-hybridized carbons (Fsp3) is 0.625. The summed E-state index contributed by atoms with van der Waals surface area (Å²) in [5.41, 5.74) is 3.33. The number of ether oxygens (including phenoxy) is 1. The van der Waals surface area contributed by atoms with Crippen molar-refractivity contribution in [2.24, 2.45) is 5.92 Å². The van der Waals surface area contributed by atoms with E-state index in [9.17, 15) is 4.79 Å². The number of fused-ring (bicyclic) bond motifs is 1. The Morgan fingerprint density at radius 3 is 2.66 bits per heavy atom. The molecule has 0 bridgehead atoms. The predicted molar refractivity (Wildman–Crippen MR) is 119 cm³/mol. The van der Waals surface area contributed by atoms with Crippen LogP contribution in [0, 0.1) is 5.92 Å². The Morgan fingerprint density at radius 1 is 1.17 bits per heavy atom. The van der Waals surface area contributed by atoms with Gasteiger partial charge in [-0.25, -0.2) is 4.79 Å². The number of benzene rings is 1. The second-order valence-corrected chi connectivity index (χ2v) is 9.26. The van der Waals surface area contributed by atoms with Crippen molar-refractivity contribution in [1.29, 1.82) is 0 Å². The molecule has 1 saturated heterocycles. The Labute approximate surface area is 174 Å². The molecule has 2 aliphatic rings. The van der Waals surface area contributed by atoms with Gasteiger partial charge in [-0.15, -0.1) is 0 Å². The highest BCUT2D eigenvalue weighted by Crippen LogP contribution is 2.34. The van der Waals surface area contributed by atoms with Gasteiger partial charge in [-0.3, -0.25) is 5.32 Å². The number of carbonyl (C=O) groups is 1. The van der Waals surface area contributed by atoms with Gasteiger partial charge in [-0.2, -0.15) is 0 Å². The maximum absolute atomic E-state index is 12.3. The van der Waals surface area contributed by atoms with Crippen molar-refractivity contribution in [1.82, 2.24) is 9.88 Å². The van der Waals surface area contributed by atoms with Crippen LogP contribution >= 0.6 is 0 Å². The lowest BCUT2D eigenvalue weighted by Gasteiger charge is -2.33. The molecular weight excluding hydrogens is 362 g/mol. The monoisotopic (exact) mass is 397 g/mol. The van der Waals surface area contributed by atoms with E-state index in [1.807, 2.05) is 6.07 Å². The fourth-order valence-corrected chi connectivity index (χ4v) is 4.98. The molecule has 1 saturated carbocycles. The number of hydrogen-bond donors (Lipinski definition) is 2. The molecule has 1 aromatic carbocycles. The summed E-state index contributed by atoms with van der Waals surface area (Å²) < 4.78 is 5.62. The van der Waals surface area contributed by atoms with Crippen molar-refractivity contribution in [2.45, 2.75) is 70.8 Å². The van der Waals surface area contributed by atoms with Gasteiger partial charge in [0, 0.05) is 29.3 Å². The first kappa shape index (κ1) is 20.3. The molecule has 5 nitrogen and oxygen atoms in total. The van der Waals surface area contributed by atoms with Gasteiger partial charge in [0.2, 0.25) is 0 Å². The van der Waals surface area contributed by atoms with Crippen molar-refractivity contribution in [3.05, 3.63) is 30.0 Å². The molecule has 1 aromatic heterocycles. The lowest BCUT2D eigenvalue weighted by Crippen LogP contribution is -2.35. The van der Waals surface area contributed by atoms with Crippen LogP contribution in [0.25, 0.3) is 10.9 Å². The lowest BCUT2D eigenvalue weighted by molar-refractivity contribution is 0.0865. The van der Waals surface area contributed by atoms with E-state index in [2.05, 4.69) is 47.4 Å². The summed E-state index contributed by atoms with van der Waals surface area (Å²) in [5.74, 6) is 1.30. The van der Waals surface area contributed by atoms with Crippen LogP contribution in [0.5, 0.6) is 0 Å². The Balaban J connectivity index is 1.40. The number of aromatic amines is 1. The van der Waals surface area contributed by atoms with E-state index in [-0.39, 0.29) is 12.2 Å². The van der Waals surface area contributed by atoms with Gasteiger partial charge in [0.05, 0.1) is 0 Å². The molecule has 29 heavy (non-hydrogen) atoms. The molecule has 0 atom stereocenters. The minimum absolute atomic E-state index is 0.0753. The third-order valence-corrected chi connectivity index (χ3v) is 6.44. The SMILES string of the molecule is CC(C)CN1CCC(c2c[nH]c3ccc(NC(=O)OC4CCCCC4)cc23)CC1. The van der Waals surface area contributed by atoms with E-state index in [1.54, 1.807) is 0 Å². The molecule has 2 aromatic rings. The molecule has 4 rings (SSSR count). The van der Waals surface area contributed by atoms with E-state index in [1.165, 1.54) is 49.8 Å². The van der Waals surface area contributed by atoms with Gasteiger partial charge < -0.3 is 14.6 Å². The normalized spacial score (nSPS) is 19.7. The Bertz CT molecular complexity index is 815. The number of rotatable bonds is 5. The first-order valence-electron chi connectivity index (χ1n) is 11.4. The number of anilines is 1. The number of nitrogens with zero attached hydrogens (tertiary/aromatic N) is 1. The van der Waals surface area contributed by atoms with Gasteiger partial charge in [-0.1, -0.05) is 20.3 Å². The molecule has 1 aliphatic carbocycles. The minimum Gasteiger partial charge on any atom is -0.446 e. The molecular formula is C24H35N3O2. The largest absolute Gasteiger partial charge is 0.446 e. The highest BCUT2D eigenvalue weighted by molar-refractivity contribution is 5.92. The summed E-state index contributed by atoms with van der Waals surface area (Å²) in [6.45, 7) is 8.11. The second-order valence-electron chi connectivity index (χ2n) is 9.26. The van der Waals surface area contributed by atoms with E-state index in [0.29, 0.717) is 5.92 Å². The smallest absolute Gasteiger partial charge is 0.411 e. The predicted octanol–water partition coefficient (Wildman–Crippen LogP) is 5.88. The van der Waals surface area contributed by atoms with Crippen molar-refractivity contribution < 1.29 is 9.53 Å². The van der Waals surface area contributed by atoms with Crippen LogP contribution in [0.3, 0.4) is 0 Å². The summed E-state index contributed by atoms with van der Waals surface area (Å²) in [7, 11) is 0. The fourth-order valence-electron chi connectivity index (χ4n) is 4.98. The van der Waals surface area contributed by atoms with Crippen LogP contribution in [0.2, 0.25) is 0 Å². The maximum atomic E-state index is 12.3. The number of hydrogen-bond acceptors (Lipinski definition) is 3. The van der Waals surface area contributed by atoms with Gasteiger partial charge >= 0.3 is 6.09 Å². The number of aromatic nitrogens is 1. The second kappa shape index (κ2) is 9.21. The average molecular weight is 398 g/mol. The van der Waals surface area contributed by atoms with Gasteiger partial charge in [0.25, 0.3) is 0 Å². The molecule has 0 unspecified atom stereocenters.